The Bertz CT molecular complexity index is 621. The molecule has 0 spiro atoms. The van der Waals surface area contributed by atoms with Gasteiger partial charge in [0.2, 0.25) is 5.91 Å². The molecule has 1 aromatic rings. The molecule has 0 N–H and O–H groups in total. The Morgan fingerprint density at radius 2 is 1.64 bits per heavy atom. The van der Waals surface area contributed by atoms with E-state index in [0.29, 0.717) is 29.0 Å². The molecule has 2 fully saturated rings. The maximum absolute atomic E-state index is 13.0. The van der Waals surface area contributed by atoms with E-state index >= 15 is 0 Å². The van der Waals surface area contributed by atoms with E-state index in [4.69, 9.17) is 11.6 Å². The highest BCUT2D eigenvalue weighted by molar-refractivity contribution is 6.30. The van der Waals surface area contributed by atoms with E-state index in [-0.39, 0.29) is 17.7 Å². The minimum Gasteiger partial charge on any atom is -0.342 e. The van der Waals surface area contributed by atoms with Crippen molar-refractivity contribution >= 4 is 23.4 Å². The largest absolute Gasteiger partial charge is 0.342 e. The molecular formula is C20H27ClN2O2. The molecule has 5 heteroatoms. The molecule has 25 heavy (non-hydrogen) atoms. The summed E-state index contributed by atoms with van der Waals surface area (Å²) in [6.45, 7) is 7.38. The normalized spacial score (nSPS) is 27.2. The number of amides is 2. The van der Waals surface area contributed by atoms with Crippen LogP contribution in [-0.2, 0) is 4.79 Å². The molecule has 0 radical (unpaired) electrons. The first-order valence-electron chi connectivity index (χ1n) is 9.27. The highest BCUT2D eigenvalue weighted by Crippen LogP contribution is 2.26. The molecule has 0 unspecified atom stereocenters. The van der Waals surface area contributed by atoms with E-state index < -0.39 is 0 Å². The summed E-state index contributed by atoms with van der Waals surface area (Å²) in [7, 11) is 0. The predicted molar refractivity (Wildman–Crippen MR) is 99.6 cm³/mol. The molecule has 3 atom stereocenters. The fourth-order valence-corrected chi connectivity index (χ4v) is 4.37. The maximum atomic E-state index is 13.0. The summed E-state index contributed by atoms with van der Waals surface area (Å²) in [5.74, 6) is 1.27. The van der Waals surface area contributed by atoms with Crippen molar-refractivity contribution in [3.63, 3.8) is 0 Å². The number of nitrogens with zero attached hydrogens (tertiary/aromatic N) is 2. The third-order valence-corrected chi connectivity index (χ3v) is 5.58. The number of hydrogen-bond donors (Lipinski definition) is 0. The minimum atomic E-state index is -0.0671. The van der Waals surface area contributed by atoms with Crippen LogP contribution in [0.1, 0.15) is 43.5 Å². The lowest BCUT2D eigenvalue weighted by molar-refractivity contribution is -0.139. The van der Waals surface area contributed by atoms with Gasteiger partial charge in [0, 0.05) is 36.8 Å². The average Bonchev–Trinajstić information content (AvgIpc) is 2.60. The molecule has 0 aliphatic carbocycles. The number of benzene rings is 1. The van der Waals surface area contributed by atoms with Crippen molar-refractivity contribution in [2.75, 3.05) is 26.2 Å². The number of carbonyl (C=O) groups is 2. The Hall–Kier alpha value is -1.55. The van der Waals surface area contributed by atoms with E-state index in [2.05, 4.69) is 13.8 Å². The van der Waals surface area contributed by atoms with Crippen LogP contribution in [0.3, 0.4) is 0 Å². The molecule has 2 aliphatic rings. The van der Waals surface area contributed by atoms with Crippen molar-refractivity contribution in [3.05, 3.63) is 34.9 Å². The lowest BCUT2D eigenvalue weighted by atomic mass is 9.89. The van der Waals surface area contributed by atoms with E-state index in [1.807, 2.05) is 9.80 Å². The molecule has 0 saturated carbocycles. The van der Waals surface area contributed by atoms with E-state index in [9.17, 15) is 9.59 Å². The standard InChI is InChI=1S/C20H27ClN2O2/c1-14-10-15(2)12-23(11-14)20(25)17-4-3-9-22(13-17)19(24)16-5-7-18(21)8-6-16/h5-8,14-15,17H,3-4,9-13H2,1-2H3/t14-,15-,17-/m1/s1. The van der Waals surface area contributed by atoms with Crippen LogP contribution in [0.4, 0.5) is 0 Å². The summed E-state index contributed by atoms with van der Waals surface area (Å²) >= 11 is 5.90. The number of rotatable bonds is 2. The zero-order chi connectivity index (χ0) is 18.0. The van der Waals surface area contributed by atoms with Crippen molar-refractivity contribution in [2.45, 2.75) is 33.1 Å². The van der Waals surface area contributed by atoms with Gasteiger partial charge in [-0.25, -0.2) is 0 Å². The fourth-order valence-electron chi connectivity index (χ4n) is 4.24. The van der Waals surface area contributed by atoms with Crippen molar-refractivity contribution in [2.24, 2.45) is 17.8 Å². The molecule has 2 aliphatic heterocycles. The molecule has 4 nitrogen and oxygen atoms in total. The van der Waals surface area contributed by atoms with Gasteiger partial charge in [-0.2, -0.15) is 0 Å². The SMILES string of the molecule is C[C@@H]1C[C@@H](C)CN(C(=O)[C@@H]2CCCN(C(=O)c3ccc(Cl)cc3)C2)C1. The van der Waals surface area contributed by atoms with Gasteiger partial charge in [-0.3, -0.25) is 9.59 Å². The molecule has 3 rings (SSSR count). The quantitative estimate of drug-likeness (QED) is 0.804. The second kappa shape index (κ2) is 7.77. The van der Waals surface area contributed by atoms with Crippen LogP contribution in [0.5, 0.6) is 0 Å². The summed E-state index contributed by atoms with van der Waals surface area (Å²) in [5.41, 5.74) is 0.637. The summed E-state index contributed by atoms with van der Waals surface area (Å²) in [6.07, 6.45) is 2.95. The molecule has 2 amide bonds. The molecule has 2 heterocycles. The monoisotopic (exact) mass is 362 g/mol. The summed E-state index contributed by atoms with van der Waals surface area (Å²) in [6, 6.07) is 6.98. The van der Waals surface area contributed by atoms with Crippen molar-refractivity contribution in [1.29, 1.82) is 0 Å². The topological polar surface area (TPSA) is 40.6 Å². The number of halogens is 1. The Labute approximate surface area is 155 Å². The number of piperidine rings is 2. The van der Waals surface area contributed by atoms with E-state index in [1.165, 1.54) is 6.42 Å². The Morgan fingerprint density at radius 1 is 1.00 bits per heavy atom. The second-order valence-electron chi connectivity index (χ2n) is 7.79. The Balaban J connectivity index is 1.65. The van der Waals surface area contributed by atoms with Crippen LogP contribution in [0.2, 0.25) is 5.02 Å². The molecular weight excluding hydrogens is 336 g/mol. The summed E-state index contributed by atoms with van der Waals surface area (Å²) in [4.78, 5) is 29.5. The van der Waals surface area contributed by atoms with Crippen LogP contribution in [0, 0.1) is 17.8 Å². The lowest BCUT2D eigenvalue weighted by Crippen LogP contribution is -2.50. The molecule has 0 aromatic heterocycles. The van der Waals surface area contributed by atoms with Gasteiger partial charge in [0.25, 0.3) is 5.91 Å². The van der Waals surface area contributed by atoms with E-state index in [1.54, 1.807) is 24.3 Å². The van der Waals surface area contributed by atoms with E-state index in [0.717, 1.165) is 32.5 Å². The van der Waals surface area contributed by atoms with Gasteiger partial charge in [0.15, 0.2) is 0 Å². The van der Waals surface area contributed by atoms with Crippen LogP contribution in [0.15, 0.2) is 24.3 Å². The number of carbonyl (C=O) groups excluding carboxylic acids is 2. The number of likely N-dealkylation sites (tertiary alicyclic amines) is 2. The van der Waals surface area contributed by atoms with Crippen LogP contribution in [0.25, 0.3) is 0 Å². The van der Waals surface area contributed by atoms with Gasteiger partial charge in [0.1, 0.15) is 0 Å². The lowest BCUT2D eigenvalue weighted by Gasteiger charge is -2.39. The Kier molecular flexibility index (Phi) is 5.67. The molecule has 1 aromatic carbocycles. The second-order valence-corrected chi connectivity index (χ2v) is 8.22. The zero-order valence-electron chi connectivity index (χ0n) is 15.1. The smallest absolute Gasteiger partial charge is 0.253 e. The van der Waals surface area contributed by atoms with Gasteiger partial charge >= 0.3 is 0 Å². The first-order valence-corrected chi connectivity index (χ1v) is 9.65. The van der Waals surface area contributed by atoms with Gasteiger partial charge in [-0.1, -0.05) is 25.4 Å². The first kappa shape index (κ1) is 18.2. The third-order valence-electron chi connectivity index (χ3n) is 5.33. The van der Waals surface area contributed by atoms with Gasteiger partial charge in [-0.05, 0) is 55.4 Å². The van der Waals surface area contributed by atoms with Gasteiger partial charge < -0.3 is 9.80 Å². The number of hydrogen-bond acceptors (Lipinski definition) is 2. The van der Waals surface area contributed by atoms with Crippen LogP contribution >= 0.6 is 11.6 Å². The van der Waals surface area contributed by atoms with Gasteiger partial charge in [0.05, 0.1) is 5.92 Å². The molecule has 2 saturated heterocycles. The zero-order valence-corrected chi connectivity index (χ0v) is 15.8. The highest BCUT2D eigenvalue weighted by atomic mass is 35.5. The fraction of sp³-hybridized carbons (Fsp3) is 0.600. The summed E-state index contributed by atoms with van der Waals surface area (Å²) < 4.78 is 0. The van der Waals surface area contributed by atoms with Crippen molar-refractivity contribution in [3.8, 4) is 0 Å². The molecule has 0 bridgehead atoms. The highest BCUT2D eigenvalue weighted by Gasteiger charge is 2.34. The Morgan fingerprint density at radius 3 is 2.28 bits per heavy atom. The maximum Gasteiger partial charge on any atom is 0.253 e. The summed E-state index contributed by atoms with van der Waals surface area (Å²) in [5, 5.41) is 0.622. The van der Waals surface area contributed by atoms with Gasteiger partial charge in [-0.15, -0.1) is 0 Å². The predicted octanol–water partition coefficient (Wildman–Crippen LogP) is 3.70. The van der Waals surface area contributed by atoms with Crippen molar-refractivity contribution < 1.29 is 9.59 Å². The molecule has 136 valence electrons. The first-order chi connectivity index (χ1) is 11.9. The minimum absolute atomic E-state index is 0.00505. The van der Waals surface area contributed by atoms with Crippen molar-refractivity contribution in [1.82, 2.24) is 9.80 Å². The van der Waals surface area contributed by atoms with Crippen LogP contribution < -0.4 is 0 Å². The average molecular weight is 363 g/mol. The third kappa shape index (κ3) is 4.35. The van der Waals surface area contributed by atoms with Crippen LogP contribution in [-0.4, -0.2) is 47.8 Å².